The van der Waals surface area contributed by atoms with Crippen LogP contribution in [0.5, 0.6) is 0 Å². The second kappa shape index (κ2) is 5.25. The van der Waals surface area contributed by atoms with Crippen molar-refractivity contribution in [2.45, 2.75) is 33.1 Å². The average Bonchev–Trinajstić information content (AvgIpc) is 2.82. The Kier molecular flexibility index (Phi) is 3.70. The van der Waals surface area contributed by atoms with Crippen molar-refractivity contribution in [2.24, 2.45) is 0 Å². The highest BCUT2D eigenvalue weighted by molar-refractivity contribution is 5.50. The molecule has 0 aliphatic carbocycles. The van der Waals surface area contributed by atoms with E-state index in [1.165, 1.54) is 5.56 Å². The van der Waals surface area contributed by atoms with Gasteiger partial charge in [0.15, 0.2) is 0 Å². The van der Waals surface area contributed by atoms with Gasteiger partial charge in [-0.25, -0.2) is 4.68 Å². The molecular weight excluding hydrogens is 222 g/mol. The van der Waals surface area contributed by atoms with Gasteiger partial charge in [-0.05, 0) is 25.5 Å². The van der Waals surface area contributed by atoms with Crippen LogP contribution in [-0.4, -0.2) is 16.8 Å². The monoisotopic (exact) mass is 243 g/mol. The quantitative estimate of drug-likeness (QED) is 0.886. The summed E-state index contributed by atoms with van der Waals surface area (Å²) < 4.78 is 1.95. The van der Waals surface area contributed by atoms with E-state index in [1.807, 2.05) is 11.7 Å². The molecule has 0 spiro atoms. The Morgan fingerprint density at radius 1 is 1.28 bits per heavy atom. The van der Waals surface area contributed by atoms with Gasteiger partial charge in [0.05, 0.1) is 23.3 Å². The molecule has 0 amide bonds. The topological polar surface area (TPSA) is 29.9 Å². The van der Waals surface area contributed by atoms with Crippen LogP contribution in [0.2, 0.25) is 0 Å². The van der Waals surface area contributed by atoms with Gasteiger partial charge in [-0.2, -0.15) is 5.10 Å². The number of hydrogen-bond donors (Lipinski definition) is 1. The minimum atomic E-state index is 0.471. The molecule has 0 aliphatic rings. The Hall–Kier alpha value is -1.77. The van der Waals surface area contributed by atoms with E-state index in [2.05, 4.69) is 56.6 Å². The zero-order valence-corrected chi connectivity index (χ0v) is 11.6. The summed E-state index contributed by atoms with van der Waals surface area (Å²) in [6, 6.07) is 8.42. The molecule has 1 aromatic heterocycles. The van der Waals surface area contributed by atoms with E-state index in [1.54, 1.807) is 0 Å². The summed E-state index contributed by atoms with van der Waals surface area (Å²) in [5.74, 6) is 0.471. The molecule has 0 aliphatic heterocycles. The van der Waals surface area contributed by atoms with Gasteiger partial charge in [-0.3, -0.25) is 0 Å². The van der Waals surface area contributed by atoms with Crippen molar-refractivity contribution < 1.29 is 0 Å². The first kappa shape index (κ1) is 12.7. The summed E-state index contributed by atoms with van der Waals surface area (Å²) in [5, 5.41) is 7.93. The van der Waals surface area contributed by atoms with E-state index < -0.39 is 0 Å². The lowest BCUT2D eigenvalue weighted by Gasteiger charge is -2.07. The molecule has 3 nitrogen and oxygen atoms in total. The third kappa shape index (κ3) is 2.40. The predicted molar refractivity (Wildman–Crippen MR) is 76.6 cm³/mol. The largest absolute Gasteiger partial charge is 0.385 e. The average molecular weight is 243 g/mol. The molecule has 0 bridgehead atoms. The van der Waals surface area contributed by atoms with Crippen molar-refractivity contribution in [1.29, 1.82) is 0 Å². The molecule has 1 heterocycles. The van der Waals surface area contributed by atoms with Crippen LogP contribution < -0.4 is 5.32 Å². The van der Waals surface area contributed by atoms with Crippen LogP contribution in [0, 0.1) is 6.92 Å². The highest BCUT2D eigenvalue weighted by Gasteiger charge is 2.14. The molecular formula is C15H21N3. The molecule has 1 N–H and O–H groups in total. The number of aromatic nitrogens is 2. The Morgan fingerprint density at radius 2 is 1.94 bits per heavy atom. The maximum absolute atomic E-state index is 4.71. The first-order valence-corrected chi connectivity index (χ1v) is 6.50. The van der Waals surface area contributed by atoms with Gasteiger partial charge in [0.1, 0.15) is 0 Å². The number of hydrogen-bond acceptors (Lipinski definition) is 2. The SMILES string of the molecule is CCC(C)c1nn(-c2ccc(C)cc2)cc1NC. The third-order valence-corrected chi connectivity index (χ3v) is 3.39. The van der Waals surface area contributed by atoms with Crippen LogP contribution in [0.25, 0.3) is 5.69 Å². The van der Waals surface area contributed by atoms with Crippen LogP contribution in [0.3, 0.4) is 0 Å². The fourth-order valence-corrected chi connectivity index (χ4v) is 1.97. The van der Waals surface area contributed by atoms with Crippen LogP contribution in [0.1, 0.15) is 37.4 Å². The number of aryl methyl sites for hydroxylation is 1. The van der Waals surface area contributed by atoms with Crippen molar-refractivity contribution in [1.82, 2.24) is 9.78 Å². The summed E-state index contributed by atoms with van der Waals surface area (Å²) >= 11 is 0. The van der Waals surface area contributed by atoms with E-state index in [4.69, 9.17) is 5.10 Å². The number of rotatable bonds is 4. The highest BCUT2D eigenvalue weighted by Crippen LogP contribution is 2.26. The number of anilines is 1. The van der Waals surface area contributed by atoms with E-state index in [0.717, 1.165) is 23.5 Å². The Labute approximate surface area is 109 Å². The highest BCUT2D eigenvalue weighted by atomic mass is 15.3. The van der Waals surface area contributed by atoms with E-state index in [0.29, 0.717) is 5.92 Å². The minimum Gasteiger partial charge on any atom is -0.385 e. The molecule has 2 rings (SSSR count). The van der Waals surface area contributed by atoms with Crippen molar-refractivity contribution >= 4 is 5.69 Å². The van der Waals surface area contributed by atoms with Crippen LogP contribution in [-0.2, 0) is 0 Å². The maximum Gasteiger partial charge on any atom is 0.0888 e. The van der Waals surface area contributed by atoms with Gasteiger partial charge >= 0.3 is 0 Å². The molecule has 18 heavy (non-hydrogen) atoms. The van der Waals surface area contributed by atoms with Gasteiger partial charge in [0.25, 0.3) is 0 Å². The van der Waals surface area contributed by atoms with E-state index in [-0.39, 0.29) is 0 Å². The van der Waals surface area contributed by atoms with Crippen molar-refractivity contribution in [3.63, 3.8) is 0 Å². The summed E-state index contributed by atoms with van der Waals surface area (Å²) in [5.41, 5.74) is 4.62. The summed E-state index contributed by atoms with van der Waals surface area (Å²) in [7, 11) is 1.95. The Bertz CT molecular complexity index is 511. The van der Waals surface area contributed by atoms with Gasteiger partial charge in [-0.1, -0.05) is 31.5 Å². The lowest BCUT2D eigenvalue weighted by molar-refractivity contribution is 0.689. The third-order valence-electron chi connectivity index (χ3n) is 3.39. The fourth-order valence-electron chi connectivity index (χ4n) is 1.97. The number of nitrogens with zero attached hydrogens (tertiary/aromatic N) is 2. The zero-order valence-electron chi connectivity index (χ0n) is 11.6. The Morgan fingerprint density at radius 3 is 2.50 bits per heavy atom. The number of benzene rings is 1. The second-order valence-corrected chi connectivity index (χ2v) is 4.77. The van der Waals surface area contributed by atoms with E-state index in [9.17, 15) is 0 Å². The van der Waals surface area contributed by atoms with Crippen LogP contribution in [0.15, 0.2) is 30.5 Å². The first-order chi connectivity index (χ1) is 8.65. The maximum atomic E-state index is 4.71. The van der Waals surface area contributed by atoms with Crippen molar-refractivity contribution in [3.05, 3.63) is 41.7 Å². The van der Waals surface area contributed by atoms with Gasteiger partial charge < -0.3 is 5.32 Å². The summed E-state index contributed by atoms with van der Waals surface area (Å²) in [6.07, 6.45) is 3.16. The second-order valence-electron chi connectivity index (χ2n) is 4.77. The lowest BCUT2D eigenvalue weighted by Crippen LogP contribution is -1.99. The summed E-state index contributed by atoms with van der Waals surface area (Å²) in [4.78, 5) is 0. The normalized spacial score (nSPS) is 12.4. The molecule has 96 valence electrons. The lowest BCUT2D eigenvalue weighted by atomic mass is 10.0. The zero-order chi connectivity index (χ0) is 13.1. The molecule has 0 fully saturated rings. The number of nitrogens with one attached hydrogen (secondary N) is 1. The van der Waals surface area contributed by atoms with Crippen LogP contribution in [0.4, 0.5) is 5.69 Å². The van der Waals surface area contributed by atoms with E-state index >= 15 is 0 Å². The molecule has 0 saturated carbocycles. The molecule has 1 aromatic carbocycles. The van der Waals surface area contributed by atoms with Crippen LogP contribution >= 0.6 is 0 Å². The molecule has 2 aromatic rings. The molecule has 1 unspecified atom stereocenters. The summed E-state index contributed by atoms with van der Waals surface area (Å²) in [6.45, 7) is 6.49. The van der Waals surface area contributed by atoms with Gasteiger partial charge in [-0.15, -0.1) is 0 Å². The molecule has 0 saturated heterocycles. The van der Waals surface area contributed by atoms with Crippen molar-refractivity contribution in [3.8, 4) is 5.69 Å². The standard InChI is InChI=1S/C15H21N3/c1-5-12(3)15-14(16-4)10-18(17-15)13-8-6-11(2)7-9-13/h6-10,12,16H,5H2,1-4H3. The van der Waals surface area contributed by atoms with Crippen molar-refractivity contribution in [2.75, 3.05) is 12.4 Å². The smallest absolute Gasteiger partial charge is 0.0888 e. The molecule has 0 radical (unpaired) electrons. The molecule has 3 heteroatoms. The fraction of sp³-hybridized carbons (Fsp3) is 0.400. The molecule has 1 atom stereocenters. The first-order valence-electron chi connectivity index (χ1n) is 6.50. The van der Waals surface area contributed by atoms with Gasteiger partial charge in [0.2, 0.25) is 0 Å². The minimum absolute atomic E-state index is 0.471. The predicted octanol–water partition coefficient (Wildman–Crippen LogP) is 3.74. The Balaban J connectivity index is 2.40. The van der Waals surface area contributed by atoms with Gasteiger partial charge in [0, 0.05) is 13.0 Å².